The van der Waals surface area contributed by atoms with Gasteiger partial charge in [0.15, 0.2) is 0 Å². The summed E-state index contributed by atoms with van der Waals surface area (Å²) in [6, 6.07) is 0. The average molecular weight is 480 g/mol. The van der Waals surface area contributed by atoms with Crippen LogP contribution in [-0.4, -0.2) is 64.0 Å². The van der Waals surface area contributed by atoms with E-state index in [2.05, 4.69) is 0 Å². The van der Waals surface area contributed by atoms with Crippen LogP contribution in [0.4, 0.5) is 0 Å². The zero-order valence-electron chi connectivity index (χ0n) is 9.27. The van der Waals surface area contributed by atoms with Gasteiger partial charge in [0, 0.05) is 0 Å². The van der Waals surface area contributed by atoms with E-state index >= 15 is 0 Å². The maximum Gasteiger partial charge on any atom is 3.00 e. The van der Waals surface area contributed by atoms with Gasteiger partial charge in [0.25, 0.3) is 0 Å². The molecule has 0 rings (SSSR count). The molecule has 0 aliphatic rings. The van der Waals surface area contributed by atoms with E-state index in [1.165, 1.54) is 0 Å². The zero-order valence-corrected chi connectivity index (χ0v) is 14.4. The van der Waals surface area contributed by atoms with Gasteiger partial charge in [-0.1, -0.05) is 0 Å². The Morgan fingerprint density at radius 1 is 0.286 bits per heavy atom. The zero-order chi connectivity index (χ0) is 14.3. The molecule has 21 heteroatoms. The third kappa shape index (κ3) is 1610. The maximum atomic E-state index is 8.42. The van der Waals surface area contributed by atoms with Gasteiger partial charge in [-0.15, -0.1) is 0 Å². The molecule has 123 valence electrons. The first-order valence-electron chi connectivity index (χ1n) is 2.83. The van der Waals surface area contributed by atoms with Gasteiger partial charge in [-0.2, -0.15) is 0 Å². The molecule has 0 atom stereocenters. The summed E-state index contributed by atoms with van der Waals surface area (Å²) in [5.74, 6) is 0. The van der Waals surface area contributed by atoms with Gasteiger partial charge < -0.3 is 60.3 Å². The van der Waals surface area contributed by atoms with Crippen molar-refractivity contribution in [3.05, 3.63) is 0 Å². The summed E-state index contributed by atoms with van der Waals surface area (Å²) >= 11 is 0. The number of hydrogen-bond donors (Lipinski definition) is 0. The third-order valence-corrected chi connectivity index (χ3v) is 0. The minimum absolute atomic E-state index is 0. The second-order valence-electron chi connectivity index (χ2n) is 1.15. The van der Waals surface area contributed by atoms with Crippen LogP contribution in [0.3, 0.4) is 0 Å². The monoisotopic (exact) mass is 479 g/mol. The topological polar surface area (TPSA) is 277 Å². The Morgan fingerprint density at radius 3 is 0.286 bits per heavy atom. The van der Waals surface area contributed by atoms with Crippen molar-refractivity contribution in [3.63, 3.8) is 0 Å². The molecule has 0 fully saturated rings. The van der Waals surface area contributed by atoms with E-state index in [9.17, 15) is 0 Å². The second kappa shape index (κ2) is 49.5. The molecule has 0 amide bonds. The minimum atomic E-state index is -2.92. The molecule has 21 heavy (non-hydrogen) atoms. The Morgan fingerprint density at radius 2 is 0.286 bits per heavy atom. The molecule has 0 saturated carbocycles. The predicted octanol–water partition coefficient (Wildman–Crippen LogP) is -16.6. The summed E-state index contributed by atoms with van der Waals surface area (Å²) in [4.78, 5) is 0. The van der Waals surface area contributed by atoms with E-state index in [0.29, 0.717) is 0 Å². The Hall–Kier alpha value is 2.40. The second-order valence-corrected chi connectivity index (χ2v) is 1.15. The number of rotatable bonds is 0. The molecule has 0 saturated heterocycles. The quantitative estimate of drug-likeness (QED) is 0.292. The van der Waals surface area contributed by atoms with Crippen LogP contribution in [0.5, 0.6) is 0 Å². The molecule has 0 heterocycles. The molecule has 0 bridgehead atoms. The Labute approximate surface area is 174 Å². The molecule has 3 radical (unpaired) electrons. The molecule has 0 aliphatic carbocycles. The normalized spacial score (nSPS) is 5.14. The van der Waals surface area contributed by atoms with E-state index in [0.717, 1.165) is 0 Å². The van der Waals surface area contributed by atoms with Crippen molar-refractivity contribution in [2.45, 2.75) is 0 Å². The minimum Gasteiger partial charge on any atom is -0.907 e. The first-order chi connectivity index (χ1) is 6.93. The summed E-state index contributed by atoms with van der Waals surface area (Å²) in [5, 5.41) is 101. The van der Waals surface area contributed by atoms with Crippen molar-refractivity contribution in [1.29, 1.82) is 0 Å². The Kier molecular flexibility index (Phi) is 133. The standard InChI is InChI=1S/2Al.4BO3.3Cu/c;;4*2-1(3)4;;;/q2*+3;4*-3;3*+2. The fourth-order valence-electron chi connectivity index (χ4n) is 0. The molecule has 0 spiro atoms. The van der Waals surface area contributed by atoms with Gasteiger partial charge in [-0.05, 0) is 0 Å². The van der Waals surface area contributed by atoms with Crippen molar-refractivity contribution in [2.24, 2.45) is 0 Å². The van der Waals surface area contributed by atoms with E-state index < -0.39 is 29.3 Å². The van der Waals surface area contributed by atoms with Crippen LogP contribution in [0.25, 0.3) is 0 Å². The predicted molar refractivity (Wildman–Crippen MR) is 34.5 cm³/mol. The Balaban J connectivity index is -0.0000000121. The molecule has 12 nitrogen and oxygen atoms in total. The van der Waals surface area contributed by atoms with Crippen LogP contribution in [0.15, 0.2) is 0 Å². The molecule has 0 aromatic rings. The van der Waals surface area contributed by atoms with Crippen LogP contribution in [0.2, 0.25) is 0 Å². The van der Waals surface area contributed by atoms with E-state index in [-0.39, 0.29) is 85.9 Å². The Bertz CT molecular complexity index is 77.5. The molecule has 0 unspecified atom stereocenters. The van der Waals surface area contributed by atoms with Gasteiger partial charge >= 0.3 is 85.9 Å². The van der Waals surface area contributed by atoms with Gasteiger partial charge in [-0.3, -0.25) is 29.3 Å². The molecule has 0 aromatic carbocycles. The molecular formula is Al2B4Cu3O12. The summed E-state index contributed by atoms with van der Waals surface area (Å²) in [7, 11) is -11.7. The van der Waals surface area contributed by atoms with Gasteiger partial charge in [0.2, 0.25) is 0 Å². The fourth-order valence-corrected chi connectivity index (χ4v) is 0. The fraction of sp³-hybridized carbons (Fsp3) is 0. The third-order valence-electron chi connectivity index (χ3n) is 0. The molecule has 0 aromatic heterocycles. The smallest absolute Gasteiger partial charge is 0.907 e. The van der Waals surface area contributed by atoms with Gasteiger partial charge in [0.1, 0.15) is 0 Å². The molecular weight excluding hydrogens is 480 g/mol. The van der Waals surface area contributed by atoms with Gasteiger partial charge in [0.05, 0.1) is 0 Å². The summed E-state index contributed by atoms with van der Waals surface area (Å²) in [6.45, 7) is 0. The molecule has 0 aliphatic heterocycles. The average Bonchev–Trinajstić information content (AvgIpc) is 1.76. The summed E-state index contributed by atoms with van der Waals surface area (Å²) < 4.78 is 0. The van der Waals surface area contributed by atoms with E-state index in [4.69, 9.17) is 60.3 Å². The van der Waals surface area contributed by atoms with Crippen LogP contribution in [-0.2, 0) is 51.2 Å². The van der Waals surface area contributed by atoms with Crippen LogP contribution in [0, 0.1) is 0 Å². The van der Waals surface area contributed by atoms with Crippen molar-refractivity contribution >= 4 is 64.0 Å². The van der Waals surface area contributed by atoms with Gasteiger partial charge in [-0.25, -0.2) is 0 Å². The van der Waals surface area contributed by atoms with Crippen molar-refractivity contribution in [2.75, 3.05) is 0 Å². The van der Waals surface area contributed by atoms with Crippen molar-refractivity contribution in [3.8, 4) is 0 Å². The van der Waals surface area contributed by atoms with Crippen LogP contribution >= 0.6 is 0 Å². The van der Waals surface area contributed by atoms with Crippen molar-refractivity contribution in [1.82, 2.24) is 0 Å². The molecule has 0 N–H and O–H groups in total. The van der Waals surface area contributed by atoms with Crippen LogP contribution < -0.4 is 60.3 Å². The van der Waals surface area contributed by atoms with E-state index in [1.807, 2.05) is 0 Å². The maximum absolute atomic E-state index is 8.42. The first-order valence-corrected chi connectivity index (χ1v) is 2.83. The largest absolute Gasteiger partial charge is 3.00 e. The number of hydrogen-bond acceptors (Lipinski definition) is 12. The summed E-state index contributed by atoms with van der Waals surface area (Å²) in [5.41, 5.74) is 0. The summed E-state index contributed by atoms with van der Waals surface area (Å²) in [6.07, 6.45) is 0. The SMILES string of the molecule is [Al+3].[Al+3].[Cu+2].[Cu+2].[Cu+2].[O-]B([O-])[O-].[O-]B([O-])[O-].[O-]B([O-])[O-].[O-]B([O-])[O-]. The van der Waals surface area contributed by atoms with Crippen LogP contribution in [0.1, 0.15) is 0 Å². The first kappa shape index (κ1) is 56.6. The van der Waals surface area contributed by atoms with E-state index in [1.54, 1.807) is 0 Å². The van der Waals surface area contributed by atoms with Crippen molar-refractivity contribution < 1.29 is 111 Å².